The fraction of sp³-hybridized carbons (Fsp3) is 0.421. The van der Waals surface area contributed by atoms with Crippen molar-refractivity contribution in [3.63, 3.8) is 0 Å². The summed E-state index contributed by atoms with van der Waals surface area (Å²) in [7, 11) is 0. The van der Waals surface area contributed by atoms with Crippen LogP contribution in [0.25, 0.3) is 10.8 Å². The maximum Gasteiger partial charge on any atom is 0.230 e. The first-order valence-electron chi connectivity index (χ1n) is 8.09. The zero-order chi connectivity index (χ0) is 15.7. The van der Waals surface area contributed by atoms with Gasteiger partial charge in [0.05, 0.1) is 5.92 Å². The van der Waals surface area contributed by atoms with Gasteiger partial charge in [-0.2, -0.15) is 0 Å². The van der Waals surface area contributed by atoms with Crippen LogP contribution < -0.4 is 5.73 Å². The van der Waals surface area contributed by atoms with Gasteiger partial charge in [-0.25, -0.2) is 0 Å². The Morgan fingerprint density at radius 1 is 1.26 bits per heavy atom. The Morgan fingerprint density at radius 3 is 2.61 bits per heavy atom. The third-order valence-electron chi connectivity index (χ3n) is 4.92. The number of hydrogen-bond acceptors (Lipinski definition) is 2. The van der Waals surface area contributed by atoms with Crippen molar-refractivity contribution >= 4 is 29.1 Å². The molecule has 1 amide bonds. The summed E-state index contributed by atoms with van der Waals surface area (Å²) in [5.41, 5.74) is 6.86. The molecular formula is C19H25ClN2O. The van der Waals surface area contributed by atoms with E-state index in [0.29, 0.717) is 18.5 Å². The highest BCUT2D eigenvalue weighted by Crippen LogP contribution is 2.28. The van der Waals surface area contributed by atoms with Crippen molar-refractivity contribution in [3.05, 3.63) is 48.0 Å². The summed E-state index contributed by atoms with van der Waals surface area (Å²) in [5.74, 6) is 0.560. The van der Waals surface area contributed by atoms with Crippen molar-refractivity contribution < 1.29 is 4.79 Å². The molecule has 3 rings (SSSR count). The number of likely N-dealkylation sites (tertiary alicyclic amines) is 1. The van der Waals surface area contributed by atoms with Crippen molar-refractivity contribution in [2.24, 2.45) is 11.7 Å². The number of nitrogens with zero attached hydrogens (tertiary/aromatic N) is 1. The summed E-state index contributed by atoms with van der Waals surface area (Å²) in [6.07, 6.45) is 1.02. The molecule has 4 heteroatoms. The molecule has 2 aromatic carbocycles. The van der Waals surface area contributed by atoms with Crippen LogP contribution in [0.2, 0.25) is 0 Å². The topological polar surface area (TPSA) is 46.3 Å². The van der Waals surface area contributed by atoms with Gasteiger partial charge in [0.25, 0.3) is 0 Å². The summed E-state index contributed by atoms with van der Waals surface area (Å²) >= 11 is 0. The van der Waals surface area contributed by atoms with Crippen molar-refractivity contribution in [2.75, 3.05) is 13.1 Å². The smallest absolute Gasteiger partial charge is 0.230 e. The van der Waals surface area contributed by atoms with Crippen LogP contribution in [0, 0.1) is 5.92 Å². The molecule has 1 aliphatic heterocycles. The molecule has 3 nitrogen and oxygen atoms in total. The van der Waals surface area contributed by atoms with Gasteiger partial charge in [0.2, 0.25) is 5.91 Å². The van der Waals surface area contributed by atoms with Crippen molar-refractivity contribution in [3.8, 4) is 0 Å². The lowest BCUT2D eigenvalue weighted by molar-refractivity contribution is -0.133. The summed E-state index contributed by atoms with van der Waals surface area (Å²) in [5, 5.41) is 2.40. The molecular weight excluding hydrogens is 308 g/mol. The lowest BCUT2D eigenvalue weighted by Crippen LogP contribution is -2.37. The van der Waals surface area contributed by atoms with Gasteiger partial charge in [-0.15, -0.1) is 12.4 Å². The molecule has 1 heterocycles. The summed E-state index contributed by atoms with van der Waals surface area (Å²) < 4.78 is 0. The number of nitrogens with two attached hydrogens (primary N) is 1. The predicted octanol–water partition coefficient (Wildman–Crippen LogP) is 3.56. The Hall–Kier alpha value is -1.58. The first kappa shape index (κ1) is 17.8. The number of rotatable bonds is 3. The minimum atomic E-state index is -0.108. The predicted molar refractivity (Wildman–Crippen MR) is 97.9 cm³/mol. The van der Waals surface area contributed by atoms with Crippen molar-refractivity contribution in [2.45, 2.75) is 32.2 Å². The molecule has 2 aromatic rings. The van der Waals surface area contributed by atoms with E-state index in [1.54, 1.807) is 0 Å². The zero-order valence-corrected chi connectivity index (χ0v) is 14.6. The molecule has 2 N–H and O–H groups in total. The first-order chi connectivity index (χ1) is 10.6. The number of carbonyl (C=O) groups is 1. The van der Waals surface area contributed by atoms with Crippen molar-refractivity contribution in [1.29, 1.82) is 0 Å². The zero-order valence-electron chi connectivity index (χ0n) is 13.7. The van der Waals surface area contributed by atoms with E-state index in [2.05, 4.69) is 37.3 Å². The summed E-state index contributed by atoms with van der Waals surface area (Å²) in [6, 6.07) is 14.9. The molecule has 1 aliphatic rings. The standard InChI is InChI=1S/C19H24N2O.ClH/c1-13-9-15(11-20)12-21(13)19(22)14(2)17-8-7-16-5-3-4-6-18(16)10-17;/h3-8,10,13-15H,9,11-12,20H2,1-2H3;1H. The van der Waals surface area contributed by atoms with Gasteiger partial charge in [0.15, 0.2) is 0 Å². The van der Waals surface area contributed by atoms with Gasteiger partial charge in [-0.05, 0) is 49.1 Å². The van der Waals surface area contributed by atoms with E-state index >= 15 is 0 Å². The van der Waals surface area contributed by atoms with Crippen molar-refractivity contribution in [1.82, 2.24) is 4.90 Å². The molecule has 0 spiro atoms. The molecule has 1 saturated heterocycles. The molecule has 3 atom stereocenters. The fourth-order valence-electron chi connectivity index (χ4n) is 3.49. The quantitative estimate of drug-likeness (QED) is 0.934. The minimum absolute atomic E-state index is 0. The molecule has 23 heavy (non-hydrogen) atoms. The highest BCUT2D eigenvalue weighted by Gasteiger charge is 2.34. The summed E-state index contributed by atoms with van der Waals surface area (Å²) in [6.45, 7) is 5.60. The van der Waals surface area contributed by atoms with E-state index in [0.717, 1.165) is 18.5 Å². The Balaban J connectivity index is 0.00000192. The van der Waals surface area contributed by atoms with Gasteiger partial charge >= 0.3 is 0 Å². The van der Waals surface area contributed by atoms with Gasteiger partial charge in [-0.1, -0.05) is 42.5 Å². The van der Waals surface area contributed by atoms with Crippen LogP contribution in [0.5, 0.6) is 0 Å². The lowest BCUT2D eigenvalue weighted by Gasteiger charge is -2.25. The van der Waals surface area contributed by atoms with Gasteiger partial charge in [0.1, 0.15) is 0 Å². The van der Waals surface area contributed by atoms with Crippen LogP contribution >= 0.6 is 12.4 Å². The Morgan fingerprint density at radius 2 is 1.96 bits per heavy atom. The molecule has 0 aliphatic carbocycles. The van der Waals surface area contributed by atoms with Gasteiger partial charge in [0, 0.05) is 12.6 Å². The number of amides is 1. The second kappa shape index (κ2) is 7.33. The van der Waals surface area contributed by atoms with Crippen LogP contribution in [0.15, 0.2) is 42.5 Å². The third-order valence-corrected chi connectivity index (χ3v) is 4.92. The molecule has 0 saturated carbocycles. The van der Waals surface area contributed by atoms with E-state index in [1.165, 1.54) is 10.8 Å². The number of carbonyl (C=O) groups excluding carboxylic acids is 1. The second-order valence-corrected chi connectivity index (χ2v) is 6.51. The lowest BCUT2D eigenvalue weighted by atomic mass is 9.96. The van der Waals surface area contributed by atoms with Gasteiger partial charge in [-0.3, -0.25) is 4.79 Å². The van der Waals surface area contributed by atoms with E-state index in [9.17, 15) is 4.79 Å². The van der Waals surface area contributed by atoms with E-state index in [4.69, 9.17) is 5.73 Å². The fourth-order valence-corrected chi connectivity index (χ4v) is 3.49. The highest BCUT2D eigenvalue weighted by molar-refractivity contribution is 5.88. The van der Waals surface area contributed by atoms with Crippen LogP contribution in [0.4, 0.5) is 0 Å². The number of hydrogen-bond donors (Lipinski definition) is 1. The summed E-state index contributed by atoms with van der Waals surface area (Å²) in [4.78, 5) is 14.9. The molecule has 0 aromatic heterocycles. The average Bonchev–Trinajstić information content (AvgIpc) is 2.94. The molecule has 124 valence electrons. The normalized spacial score (nSPS) is 22.0. The largest absolute Gasteiger partial charge is 0.339 e. The van der Waals surface area contributed by atoms with Gasteiger partial charge < -0.3 is 10.6 Å². The number of halogens is 1. The molecule has 0 radical (unpaired) electrons. The molecule has 1 fully saturated rings. The Kier molecular flexibility index (Phi) is 5.66. The Bertz CT molecular complexity index is 688. The van der Waals surface area contributed by atoms with Crippen LogP contribution in [0.1, 0.15) is 31.7 Å². The maximum absolute atomic E-state index is 12.8. The van der Waals surface area contributed by atoms with Crippen LogP contribution in [-0.2, 0) is 4.79 Å². The maximum atomic E-state index is 12.8. The monoisotopic (exact) mass is 332 g/mol. The van der Waals surface area contributed by atoms with E-state index in [-0.39, 0.29) is 24.2 Å². The number of fused-ring (bicyclic) bond motifs is 1. The minimum Gasteiger partial charge on any atom is -0.339 e. The highest BCUT2D eigenvalue weighted by atomic mass is 35.5. The van der Waals surface area contributed by atoms with Crippen LogP contribution in [0.3, 0.4) is 0 Å². The SMILES string of the molecule is CC(C(=O)N1CC(CN)CC1C)c1ccc2ccccc2c1.Cl. The van der Waals surface area contributed by atoms with E-state index in [1.807, 2.05) is 24.0 Å². The second-order valence-electron chi connectivity index (χ2n) is 6.51. The number of benzene rings is 2. The molecule has 0 bridgehead atoms. The first-order valence-corrected chi connectivity index (χ1v) is 8.09. The van der Waals surface area contributed by atoms with E-state index < -0.39 is 0 Å². The average molecular weight is 333 g/mol. The Labute approximate surface area is 144 Å². The molecule has 3 unspecified atom stereocenters. The third kappa shape index (κ3) is 3.51. The van der Waals surface area contributed by atoms with Crippen LogP contribution in [-0.4, -0.2) is 29.9 Å².